The van der Waals surface area contributed by atoms with Gasteiger partial charge in [0.25, 0.3) is 11.8 Å². The minimum Gasteiger partial charge on any atom is -0.497 e. The van der Waals surface area contributed by atoms with Crippen LogP contribution in [0.5, 0.6) is 5.75 Å². The Morgan fingerprint density at radius 3 is 2.53 bits per heavy atom. The summed E-state index contributed by atoms with van der Waals surface area (Å²) in [7, 11) is 1.59. The van der Waals surface area contributed by atoms with Gasteiger partial charge in [-0.3, -0.25) is 9.59 Å². The molecule has 0 spiro atoms. The van der Waals surface area contributed by atoms with E-state index in [1.54, 1.807) is 62.1 Å². The zero-order chi connectivity index (χ0) is 21.2. The van der Waals surface area contributed by atoms with E-state index in [-0.39, 0.29) is 17.5 Å². The lowest BCUT2D eigenvalue weighted by Crippen LogP contribution is -2.35. The van der Waals surface area contributed by atoms with E-state index in [9.17, 15) is 9.59 Å². The molecule has 3 rings (SSSR count). The number of hydrogen-bond donors (Lipinski definition) is 2. The second-order valence-corrected chi connectivity index (χ2v) is 6.56. The van der Waals surface area contributed by atoms with E-state index >= 15 is 0 Å². The molecule has 7 heteroatoms. The fourth-order valence-corrected chi connectivity index (χ4v) is 2.79. The Bertz CT molecular complexity index is 981. The number of carbonyl (C=O) groups excluding carboxylic acids is 2. The first-order valence-corrected chi connectivity index (χ1v) is 9.62. The van der Waals surface area contributed by atoms with E-state index in [0.29, 0.717) is 17.9 Å². The minimum atomic E-state index is -0.347. The van der Waals surface area contributed by atoms with Gasteiger partial charge in [0.1, 0.15) is 11.4 Å². The van der Waals surface area contributed by atoms with Gasteiger partial charge in [0, 0.05) is 31.0 Å². The van der Waals surface area contributed by atoms with Crippen molar-refractivity contribution in [2.24, 2.45) is 0 Å². The molecule has 7 nitrogen and oxygen atoms in total. The van der Waals surface area contributed by atoms with Crippen LogP contribution in [-0.4, -0.2) is 35.0 Å². The summed E-state index contributed by atoms with van der Waals surface area (Å²) in [5.74, 6) is 0.0237. The second kappa shape index (κ2) is 10.6. The lowest BCUT2D eigenvalue weighted by molar-refractivity contribution is -0.117. The molecule has 0 aliphatic carbocycles. The van der Waals surface area contributed by atoms with Crippen LogP contribution in [0.2, 0.25) is 0 Å². The molecule has 30 heavy (non-hydrogen) atoms. The molecule has 2 aromatic carbocycles. The average molecular weight is 404 g/mol. The lowest BCUT2D eigenvalue weighted by atomic mass is 10.1. The van der Waals surface area contributed by atoms with Gasteiger partial charge in [-0.2, -0.15) is 0 Å². The van der Waals surface area contributed by atoms with Crippen LogP contribution in [-0.2, 0) is 11.3 Å². The standard InChI is InChI=1S/C23H24N4O3/c1-30-20-10-8-18(9-11-20)16-21(26-22(28)19-6-3-2-4-7-19)23(29)25-12-5-14-27-15-13-24-17-27/h2-4,6-11,13,15-17H,5,12,14H2,1H3,(H,25,29)(H,26,28)/b21-16+. The number of hydrogen-bond acceptors (Lipinski definition) is 4. The maximum Gasteiger partial charge on any atom is 0.267 e. The molecule has 0 aliphatic heterocycles. The van der Waals surface area contributed by atoms with Crippen LogP contribution < -0.4 is 15.4 Å². The molecule has 1 aromatic heterocycles. The quantitative estimate of drug-likeness (QED) is 0.424. The first kappa shape index (κ1) is 20.9. The Balaban J connectivity index is 1.69. The molecule has 2 N–H and O–H groups in total. The van der Waals surface area contributed by atoms with Gasteiger partial charge in [-0.1, -0.05) is 30.3 Å². The first-order valence-electron chi connectivity index (χ1n) is 9.62. The molecule has 0 saturated heterocycles. The van der Waals surface area contributed by atoms with Crippen molar-refractivity contribution in [3.05, 3.63) is 90.1 Å². The summed E-state index contributed by atoms with van der Waals surface area (Å²) in [6.07, 6.45) is 7.71. The van der Waals surface area contributed by atoms with Crippen LogP contribution in [0.4, 0.5) is 0 Å². The van der Waals surface area contributed by atoms with Crippen molar-refractivity contribution in [2.75, 3.05) is 13.7 Å². The molecule has 0 saturated carbocycles. The molecule has 154 valence electrons. The highest BCUT2D eigenvalue weighted by Gasteiger charge is 2.14. The predicted molar refractivity (Wildman–Crippen MR) is 115 cm³/mol. The molecule has 0 aliphatic rings. The number of amides is 2. The number of nitrogens with one attached hydrogen (secondary N) is 2. The van der Waals surface area contributed by atoms with Crippen LogP contribution in [0.25, 0.3) is 6.08 Å². The smallest absolute Gasteiger partial charge is 0.267 e. The molecule has 0 atom stereocenters. The second-order valence-electron chi connectivity index (χ2n) is 6.56. The maximum absolute atomic E-state index is 12.8. The summed E-state index contributed by atoms with van der Waals surface area (Å²) in [4.78, 5) is 29.3. The molecule has 3 aromatic rings. The Kier molecular flexibility index (Phi) is 7.38. The van der Waals surface area contributed by atoms with Gasteiger partial charge in [0.2, 0.25) is 0 Å². The van der Waals surface area contributed by atoms with Crippen molar-refractivity contribution >= 4 is 17.9 Å². The zero-order valence-corrected chi connectivity index (χ0v) is 16.7. The Morgan fingerprint density at radius 1 is 1.10 bits per heavy atom. The molecule has 2 amide bonds. The van der Waals surface area contributed by atoms with Crippen molar-refractivity contribution < 1.29 is 14.3 Å². The molecule has 0 radical (unpaired) electrons. The summed E-state index contributed by atoms with van der Waals surface area (Å²) in [6, 6.07) is 16.0. The Morgan fingerprint density at radius 2 is 1.87 bits per heavy atom. The SMILES string of the molecule is COc1ccc(/C=C(/NC(=O)c2ccccc2)C(=O)NCCCn2ccnc2)cc1. The van der Waals surface area contributed by atoms with E-state index in [4.69, 9.17) is 4.74 Å². The fourth-order valence-electron chi connectivity index (χ4n) is 2.79. The van der Waals surface area contributed by atoms with Crippen LogP contribution >= 0.6 is 0 Å². The summed E-state index contributed by atoms with van der Waals surface area (Å²) in [6.45, 7) is 1.21. The number of rotatable bonds is 9. The maximum atomic E-state index is 12.8. The van der Waals surface area contributed by atoms with Crippen molar-refractivity contribution in [3.63, 3.8) is 0 Å². The third-order valence-electron chi connectivity index (χ3n) is 4.39. The predicted octanol–water partition coefficient (Wildman–Crippen LogP) is 2.87. The average Bonchev–Trinajstić information content (AvgIpc) is 3.31. The number of imidazole rings is 1. The van der Waals surface area contributed by atoms with Gasteiger partial charge in [-0.25, -0.2) is 4.98 Å². The van der Waals surface area contributed by atoms with E-state index in [0.717, 1.165) is 18.5 Å². The van der Waals surface area contributed by atoms with Crippen LogP contribution in [0.3, 0.4) is 0 Å². The van der Waals surface area contributed by atoms with E-state index in [1.807, 2.05) is 29.0 Å². The number of aryl methyl sites for hydroxylation is 1. The number of aromatic nitrogens is 2. The highest BCUT2D eigenvalue weighted by Crippen LogP contribution is 2.14. The van der Waals surface area contributed by atoms with Crippen LogP contribution in [0.15, 0.2) is 79.0 Å². The first-order chi connectivity index (χ1) is 14.7. The summed E-state index contributed by atoms with van der Waals surface area (Å²) in [5, 5.41) is 5.59. The van der Waals surface area contributed by atoms with Gasteiger partial charge in [0.15, 0.2) is 0 Å². The largest absolute Gasteiger partial charge is 0.497 e. The molecular weight excluding hydrogens is 380 g/mol. The summed E-state index contributed by atoms with van der Waals surface area (Å²) in [5.41, 5.74) is 1.43. The van der Waals surface area contributed by atoms with Gasteiger partial charge < -0.3 is 19.9 Å². The van der Waals surface area contributed by atoms with E-state index in [2.05, 4.69) is 15.6 Å². The van der Waals surface area contributed by atoms with Gasteiger partial charge in [-0.15, -0.1) is 0 Å². The van der Waals surface area contributed by atoms with Crippen molar-refractivity contribution in [1.29, 1.82) is 0 Å². The summed E-state index contributed by atoms with van der Waals surface area (Å²) >= 11 is 0. The molecular formula is C23H24N4O3. The number of nitrogens with zero attached hydrogens (tertiary/aromatic N) is 2. The van der Waals surface area contributed by atoms with Gasteiger partial charge in [0.05, 0.1) is 13.4 Å². The van der Waals surface area contributed by atoms with Crippen molar-refractivity contribution in [1.82, 2.24) is 20.2 Å². The number of ether oxygens (including phenoxy) is 1. The lowest BCUT2D eigenvalue weighted by Gasteiger charge is -2.12. The van der Waals surface area contributed by atoms with E-state index < -0.39 is 0 Å². The molecule has 1 heterocycles. The third kappa shape index (κ3) is 6.07. The third-order valence-corrected chi connectivity index (χ3v) is 4.39. The monoisotopic (exact) mass is 404 g/mol. The number of methoxy groups -OCH3 is 1. The highest BCUT2D eigenvalue weighted by molar-refractivity contribution is 6.05. The van der Waals surface area contributed by atoms with Crippen LogP contribution in [0, 0.1) is 0 Å². The normalized spacial score (nSPS) is 11.0. The topological polar surface area (TPSA) is 85.2 Å². The Labute approximate surface area is 175 Å². The molecule has 0 fully saturated rings. The van der Waals surface area contributed by atoms with Crippen molar-refractivity contribution in [2.45, 2.75) is 13.0 Å². The highest BCUT2D eigenvalue weighted by atomic mass is 16.5. The molecule has 0 bridgehead atoms. The number of carbonyl (C=O) groups is 2. The Hall–Kier alpha value is -3.87. The van der Waals surface area contributed by atoms with E-state index in [1.165, 1.54) is 0 Å². The fraction of sp³-hybridized carbons (Fsp3) is 0.174. The van der Waals surface area contributed by atoms with Crippen molar-refractivity contribution in [3.8, 4) is 5.75 Å². The molecule has 0 unspecified atom stereocenters. The van der Waals surface area contributed by atoms with Gasteiger partial charge >= 0.3 is 0 Å². The summed E-state index contributed by atoms with van der Waals surface area (Å²) < 4.78 is 7.11. The number of benzene rings is 2. The van der Waals surface area contributed by atoms with Gasteiger partial charge in [-0.05, 0) is 42.3 Å². The van der Waals surface area contributed by atoms with Crippen LogP contribution in [0.1, 0.15) is 22.3 Å². The minimum absolute atomic E-state index is 0.177. The zero-order valence-electron chi connectivity index (χ0n) is 16.7.